The van der Waals surface area contributed by atoms with Gasteiger partial charge < -0.3 is 44.4 Å². The van der Waals surface area contributed by atoms with Crippen molar-refractivity contribution in [2.75, 3.05) is 13.7 Å². The number of aliphatic carboxylic acids is 1. The Hall–Kier alpha value is -2.96. The smallest absolute Gasteiger partial charge is 0.333 e. The number of carboxylic acids is 1. The SMILES string of the molecule is C=CC1C(OC2OC(CO)C34OC=c5[nH]c(CCCC)cc5=C3CCC2(O)C4O)CC=C(C(=O)OC)C1CC(=O)O. The van der Waals surface area contributed by atoms with Crippen LogP contribution in [0.3, 0.4) is 0 Å². The Morgan fingerprint density at radius 2 is 2.12 bits per heavy atom. The fourth-order valence-corrected chi connectivity index (χ4v) is 7.02. The van der Waals surface area contributed by atoms with Gasteiger partial charge in [0.05, 0.1) is 31.6 Å². The zero-order valence-electron chi connectivity index (χ0n) is 23.4. The number of carbonyl (C=O) groups excluding carboxylic acids is 1. The van der Waals surface area contributed by atoms with E-state index >= 15 is 0 Å². The molecule has 8 atom stereocenters. The topological polar surface area (TPSA) is 168 Å². The van der Waals surface area contributed by atoms with Gasteiger partial charge in [-0.3, -0.25) is 4.79 Å². The maximum atomic E-state index is 12.4. The van der Waals surface area contributed by atoms with Crippen LogP contribution in [0.5, 0.6) is 0 Å². The molecular formula is C30H39NO10. The van der Waals surface area contributed by atoms with E-state index < -0.39 is 66.2 Å². The Labute approximate surface area is 237 Å². The number of hydrogen-bond donors (Lipinski definition) is 5. The molecule has 5 N–H and O–H groups in total. The van der Waals surface area contributed by atoms with E-state index in [0.29, 0.717) is 6.42 Å². The predicted molar refractivity (Wildman–Crippen MR) is 145 cm³/mol. The fourth-order valence-electron chi connectivity index (χ4n) is 7.02. The number of aromatic amines is 1. The molecule has 224 valence electrons. The minimum absolute atomic E-state index is 0.0968. The zero-order valence-corrected chi connectivity index (χ0v) is 23.4. The van der Waals surface area contributed by atoms with Crippen molar-refractivity contribution in [3.63, 3.8) is 0 Å². The second-order valence-corrected chi connectivity index (χ2v) is 11.3. The first-order valence-electron chi connectivity index (χ1n) is 14.2. The second-order valence-electron chi connectivity index (χ2n) is 11.3. The number of hydrogen-bond acceptors (Lipinski definition) is 9. The molecule has 2 aliphatic heterocycles. The third kappa shape index (κ3) is 4.73. The minimum Gasteiger partial charge on any atom is -0.483 e. The largest absolute Gasteiger partial charge is 0.483 e. The maximum Gasteiger partial charge on any atom is 0.333 e. The van der Waals surface area contributed by atoms with Crippen molar-refractivity contribution in [1.29, 1.82) is 0 Å². The highest BCUT2D eigenvalue weighted by Crippen LogP contribution is 2.52. The zero-order chi connectivity index (χ0) is 29.5. The molecule has 5 rings (SSSR count). The molecule has 11 nitrogen and oxygen atoms in total. The Morgan fingerprint density at radius 1 is 1.34 bits per heavy atom. The molecule has 0 aromatic carbocycles. The maximum absolute atomic E-state index is 12.4. The number of aromatic nitrogens is 1. The lowest BCUT2D eigenvalue weighted by molar-refractivity contribution is -0.371. The van der Waals surface area contributed by atoms with Gasteiger partial charge in [0.25, 0.3) is 0 Å². The molecule has 41 heavy (non-hydrogen) atoms. The van der Waals surface area contributed by atoms with Crippen molar-refractivity contribution in [3.8, 4) is 0 Å². The summed E-state index contributed by atoms with van der Waals surface area (Å²) < 4.78 is 23.6. The van der Waals surface area contributed by atoms with Gasteiger partial charge >= 0.3 is 11.9 Å². The van der Waals surface area contributed by atoms with Crippen LogP contribution in [-0.2, 0) is 35.0 Å². The van der Waals surface area contributed by atoms with Crippen LogP contribution in [0, 0.1) is 11.8 Å². The van der Waals surface area contributed by atoms with Gasteiger partial charge in [-0.25, -0.2) is 4.79 Å². The van der Waals surface area contributed by atoms with Crippen LogP contribution in [-0.4, -0.2) is 86.9 Å². The quantitative estimate of drug-likeness (QED) is 0.195. The van der Waals surface area contributed by atoms with Crippen LogP contribution in [0.4, 0.5) is 0 Å². The first-order chi connectivity index (χ1) is 19.6. The molecule has 1 aromatic rings. The summed E-state index contributed by atoms with van der Waals surface area (Å²) in [7, 11) is 1.23. The number of fused-ring (bicyclic) bond motifs is 2. The lowest BCUT2D eigenvalue weighted by atomic mass is 9.63. The number of aliphatic hydroxyl groups is 3. The van der Waals surface area contributed by atoms with Gasteiger partial charge in [-0.05, 0) is 43.7 Å². The first kappa shape index (κ1) is 29.5. The summed E-state index contributed by atoms with van der Waals surface area (Å²) in [5.74, 6) is -3.15. The lowest BCUT2D eigenvalue weighted by Crippen LogP contribution is -2.77. The van der Waals surface area contributed by atoms with E-state index in [1.165, 1.54) is 19.4 Å². The molecule has 0 radical (unpaired) electrons. The summed E-state index contributed by atoms with van der Waals surface area (Å²) in [6.07, 6.45) is 3.14. The highest BCUT2D eigenvalue weighted by Gasteiger charge is 2.69. The van der Waals surface area contributed by atoms with Crippen LogP contribution < -0.4 is 10.6 Å². The third-order valence-corrected chi connectivity index (χ3v) is 9.12. The number of aliphatic hydroxyl groups excluding tert-OH is 2. The Bertz CT molecular complexity index is 1350. The lowest BCUT2D eigenvalue weighted by Gasteiger charge is -2.59. The molecule has 2 aliphatic carbocycles. The summed E-state index contributed by atoms with van der Waals surface area (Å²) in [6.45, 7) is 5.45. The van der Waals surface area contributed by atoms with Crippen molar-refractivity contribution in [2.24, 2.45) is 11.8 Å². The first-order valence-corrected chi connectivity index (χ1v) is 14.2. The molecule has 1 aromatic heterocycles. The number of aryl methyl sites for hydroxylation is 1. The van der Waals surface area contributed by atoms with E-state index in [0.717, 1.165) is 41.1 Å². The van der Waals surface area contributed by atoms with Crippen molar-refractivity contribution in [3.05, 3.63) is 46.6 Å². The van der Waals surface area contributed by atoms with E-state index in [1.54, 1.807) is 6.08 Å². The molecule has 0 amide bonds. The molecule has 4 aliphatic rings. The average molecular weight is 574 g/mol. The number of rotatable bonds is 10. The van der Waals surface area contributed by atoms with E-state index in [-0.39, 0.29) is 24.8 Å². The van der Waals surface area contributed by atoms with Gasteiger partial charge in [-0.2, -0.15) is 0 Å². The molecule has 11 heteroatoms. The molecule has 2 bridgehead atoms. The number of nitrogens with one attached hydrogen (secondary N) is 1. The van der Waals surface area contributed by atoms with E-state index in [2.05, 4.69) is 18.5 Å². The number of carboxylic acid groups (broad SMARTS) is 1. The highest BCUT2D eigenvalue weighted by atomic mass is 16.7. The van der Waals surface area contributed by atoms with Gasteiger partial charge in [-0.1, -0.05) is 25.5 Å². The Kier molecular flexibility index (Phi) is 8.19. The summed E-state index contributed by atoms with van der Waals surface area (Å²) >= 11 is 0. The molecular weight excluding hydrogens is 534 g/mol. The van der Waals surface area contributed by atoms with E-state index in [1.807, 2.05) is 6.07 Å². The molecule has 1 saturated carbocycles. The number of unbranched alkanes of at least 4 members (excludes halogenated alkanes) is 1. The number of ether oxygens (including phenoxy) is 4. The summed E-state index contributed by atoms with van der Waals surface area (Å²) in [4.78, 5) is 27.5. The monoisotopic (exact) mass is 573 g/mol. The number of carbonyl (C=O) groups is 2. The van der Waals surface area contributed by atoms with Crippen LogP contribution in [0.1, 0.15) is 51.1 Å². The molecule has 3 heterocycles. The van der Waals surface area contributed by atoms with Crippen LogP contribution >= 0.6 is 0 Å². The van der Waals surface area contributed by atoms with Crippen LogP contribution in [0.25, 0.3) is 11.8 Å². The van der Waals surface area contributed by atoms with Crippen molar-refractivity contribution in [2.45, 2.75) is 87.7 Å². The number of esters is 1. The van der Waals surface area contributed by atoms with Crippen molar-refractivity contribution >= 4 is 23.8 Å². The number of methoxy groups -OCH3 is 1. The summed E-state index contributed by atoms with van der Waals surface area (Å²) in [6, 6.07) is 2.04. The van der Waals surface area contributed by atoms with Crippen molar-refractivity contribution in [1.82, 2.24) is 4.98 Å². The van der Waals surface area contributed by atoms with E-state index in [9.17, 15) is 30.0 Å². The Morgan fingerprint density at radius 3 is 2.78 bits per heavy atom. The van der Waals surface area contributed by atoms with Gasteiger partial charge in [0, 0.05) is 28.3 Å². The normalized spacial score (nSPS) is 35.7. The Balaban J connectivity index is 1.48. The second kappa shape index (κ2) is 11.4. The van der Waals surface area contributed by atoms with Crippen molar-refractivity contribution < 1.29 is 49.0 Å². The average Bonchev–Trinajstić information content (AvgIpc) is 3.37. The van der Waals surface area contributed by atoms with Gasteiger partial charge in [-0.15, -0.1) is 6.58 Å². The fraction of sp³-hybridized carbons (Fsp3) is 0.600. The molecule has 2 fully saturated rings. The number of H-pyrrole nitrogens is 1. The molecule has 8 unspecified atom stereocenters. The minimum atomic E-state index is -1.90. The highest BCUT2D eigenvalue weighted by molar-refractivity contribution is 5.90. The van der Waals surface area contributed by atoms with Gasteiger partial charge in [0.2, 0.25) is 0 Å². The summed E-state index contributed by atoms with van der Waals surface area (Å²) in [5.41, 5.74) is -1.41. The molecule has 1 spiro atoms. The van der Waals surface area contributed by atoms with Gasteiger partial charge in [0.15, 0.2) is 11.9 Å². The van der Waals surface area contributed by atoms with Crippen LogP contribution in [0.15, 0.2) is 30.4 Å². The third-order valence-electron chi connectivity index (χ3n) is 9.12. The van der Waals surface area contributed by atoms with Gasteiger partial charge in [0.1, 0.15) is 24.1 Å². The standard InChI is InChI=1S/C30H39NO10/c1-4-6-7-16-12-20-21-10-11-29(37)27(36)30(21,39-15-22(20)31-16)24(14-32)41-28(29)40-23-9-8-18(26(35)38-3)19(13-25(33)34)17(23)5-2/h5,8,12,15,17,19,23-24,27-28,31-32,36-37H,2,4,6-7,9-11,13-14H2,1,3H3,(H,33,34). The summed E-state index contributed by atoms with van der Waals surface area (Å²) in [5, 5.41) is 45.4. The predicted octanol–water partition coefficient (Wildman–Crippen LogP) is 0.399. The van der Waals surface area contributed by atoms with Crippen LogP contribution in [0.2, 0.25) is 0 Å². The molecule has 1 saturated heterocycles. The van der Waals surface area contributed by atoms with E-state index in [4.69, 9.17) is 18.9 Å².